The van der Waals surface area contributed by atoms with Crippen LogP contribution in [-0.2, 0) is 13.1 Å². The zero-order chi connectivity index (χ0) is 20.7. The van der Waals surface area contributed by atoms with Crippen molar-refractivity contribution in [1.29, 1.82) is 0 Å². The van der Waals surface area contributed by atoms with Crippen molar-refractivity contribution in [2.24, 2.45) is 0 Å². The van der Waals surface area contributed by atoms with Crippen LogP contribution in [-0.4, -0.2) is 39.5 Å². The molecule has 0 saturated heterocycles. The Balaban J connectivity index is 1.37. The maximum absolute atomic E-state index is 6.29. The summed E-state index contributed by atoms with van der Waals surface area (Å²) in [6, 6.07) is 8.01. The summed E-state index contributed by atoms with van der Waals surface area (Å²) in [5, 5.41) is 1.38. The van der Waals surface area contributed by atoms with E-state index in [9.17, 15) is 0 Å². The van der Waals surface area contributed by atoms with Crippen LogP contribution in [0.1, 0.15) is 48.6 Å². The molecule has 0 spiro atoms. The Bertz CT molecular complexity index is 1070. The first-order valence-corrected chi connectivity index (χ1v) is 11.1. The van der Waals surface area contributed by atoms with E-state index >= 15 is 0 Å². The molecule has 3 aromatic rings. The van der Waals surface area contributed by atoms with Gasteiger partial charge in [-0.25, -0.2) is 0 Å². The first-order valence-electron chi connectivity index (χ1n) is 10.4. The van der Waals surface area contributed by atoms with Crippen LogP contribution >= 0.6 is 23.2 Å². The second-order valence-corrected chi connectivity index (χ2v) is 9.19. The fraction of sp³-hybridized carbons (Fsp3) is 0.409. The van der Waals surface area contributed by atoms with E-state index in [1.165, 1.54) is 16.8 Å². The van der Waals surface area contributed by atoms with E-state index in [0.29, 0.717) is 10.9 Å². The van der Waals surface area contributed by atoms with Crippen LogP contribution in [0.2, 0.25) is 10.0 Å². The number of rotatable bonds is 3. The van der Waals surface area contributed by atoms with Crippen molar-refractivity contribution in [2.75, 3.05) is 7.05 Å². The van der Waals surface area contributed by atoms with E-state index in [-0.39, 0.29) is 6.10 Å². The third-order valence-electron chi connectivity index (χ3n) is 6.04. The predicted molar refractivity (Wildman–Crippen MR) is 120 cm³/mol. The fourth-order valence-corrected chi connectivity index (χ4v) is 5.05. The number of fused-ring (bicyclic) bond motifs is 3. The Hall–Kier alpha value is -1.89. The summed E-state index contributed by atoms with van der Waals surface area (Å²) in [7, 11) is 4.18. The van der Waals surface area contributed by atoms with Crippen LogP contribution in [0, 0.1) is 0 Å². The van der Waals surface area contributed by atoms with Gasteiger partial charge in [-0.3, -0.25) is 0 Å². The predicted octanol–water partition coefficient (Wildman–Crippen LogP) is 4.96. The number of nitrogens with zero attached hydrogens (tertiary/aromatic N) is 4. The van der Waals surface area contributed by atoms with Gasteiger partial charge in [0.25, 0.3) is 0 Å². The summed E-state index contributed by atoms with van der Waals surface area (Å²) in [6.07, 6.45) is 7.63. The molecule has 0 N–H and O–H groups in total. The SMILES string of the molecule is CN1Cc2cc(Cl)ccc2-n2c(bnc2C2CCC(Oc3cncc(Cl)c3)CC2)C1. The summed E-state index contributed by atoms with van der Waals surface area (Å²) < 4.78 is 8.49. The van der Waals surface area contributed by atoms with E-state index in [1.807, 2.05) is 19.2 Å². The van der Waals surface area contributed by atoms with Gasteiger partial charge in [0, 0.05) is 0 Å². The molecule has 2 aromatic heterocycles. The third-order valence-corrected chi connectivity index (χ3v) is 6.48. The van der Waals surface area contributed by atoms with Gasteiger partial charge in [-0.15, -0.1) is 0 Å². The summed E-state index contributed by atoms with van der Waals surface area (Å²) in [6.45, 7) is 1.75. The molecular formula is C22H23BCl2N4O. The van der Waals surface area contributed by atoms with E-state index in [2.05, 4.69) is 33.6 Å². The van der Waals surface area contributed by atoms with Gasteiger partial charge < -0.3 is 0 Å². The Morgan fingerprint density at radius 2 is 1.87 bits per heavy atom. The molecule has 0 radical (unpaired) electrons. The van der Waals surface area contributed by atoms with Gasteiger partial charge in [0.1, 0.15) is 0 Å². The van der Waals surface area contributed by atoms with Gasteiger partial charge in [-0.2, -0.15) is 0 Å². The Labute approximate surface area is 187 Å². The van der Waals surface area contributed by atoms with Gasteiger partial charge in [-0.05, 0) is 0 Å². The van der Waals surface area contributed by atoms with Gasteiger partial charge >= 0.3 is 187 Å². The van der Waals surface area contributed by atoms with Crippen molar-refractivity contribution in [2.45, 2.75) is 50.8 Å². The molecule has 2 aliphatic rings. The number of pyridine rings is 1. The van der Waals surface area contributed by atoms with Crippen molar-refractivity contribution in [3.8, 4) is 11.4 Å². The minimum atomic E-state index is 0.192. The zero-order valence-electron chi connectivity index (χ0n) is 16.9. The van der Waals surface area contributed by atoms with Crippen LogP contribution in [0.5, 0.6) is 5.75 Å². The molecule has 1 fully saturated rings. The Kier molecular flexibility index (Phi) is 5.57. The van der Waals surface area contributed by atoms with E-state index in [1.54, 1.807) is 12.4 Å². The number of halogens is 2. The first kappa shape index (κ1) is 20.0. The molecule has 1 saturated carbocycles. The summed E-state index contributed by atoms with van der Waals surface area (Å²) in [4.78, 5) is 11.3. The van der Waals surface area contributed by atoms with Gasteiger partial charge in [0.2, 0.25) is 0 Å². The topological polar surface area (TPSA) is 43.2 Å². The van der Waals surface area contributed by atoms with Crippen molar-refractivity contribution >= 4 is 30.3 Å². The molecule has 1 aromatic carbocycles. The molecule has 1 aliphatic carbocycles. The average Bonchev–Trinajstić information content (AvgIpc) is 3.06. The second kappa shape index (κ2) is 8.33. The molecule has 0 bridgehead atoms. The van der Waals surface area contributed by atoms with Gasteiger partial charge in [-0.1, -0.05) is 0 Å². The molecule has 5 nitrogen and oxygen atoms in total. The first-order chi connectivity index (χ1) is 14.6. The standard InChI is InChI=1S/C22H23BCl2N4O/c1-28-12-15-8-16(24)4-7-20(15)29-21(13-28)23-27-22(29)14-2-5-18(6-3-14)30-19-9-17(25)10-26-11-19/h4,7-11,14,18H,2-3,5-6,12-13H2,1H3. The van der Waals surface area contributed by atoms with Crippen molar-refractivity contribution in [3.05, 3.63) is 63.7 Å². The molecule has 154 valence electrons. The molecule has 30 heavy (non-hydrogen) atoms. The zero-order valence-corrected chi connectivity index (χ0v) is 18.4. The number of hydrogen-bond acceptors (Lipinski definition) is 4. The van der Waals surface area contributed by atoms with E-state index in [0.717, 1.165) is 55.4 Å². The van der Waals surface area contributed by atoms with Crippen LogP contribution in [0.3, 0.4) is 0 Å². The second-order valence-electron chi connectivity index (χ2n) is 8.32. The van der Waals surface area contributed by atoms with E-state index in [4.69, 9.17) is 32.8 Å². The normalized spacial score (nSPS) is 21.4. The molecule has 0 atom stereocenters. The third kappa shape index (κ3) is 4.01. The summed E-state index contributed by atoms with van der Waals surface area (Å²) in [5.41, 5.74) is 3.68. The molecular weight excluding hydrogens is 418 g/mol. The molecule has 8 heteroatoms. The maximum atomic E-state index is 6.29. The molecule has 1 aliphatic heterocycles. The molecule has 3 heterocycles. The number of ether oxygens (including phenoxy) is 1. The van der Waals surface area contributed by atoms with Crippen LogP contribution < -0.4 is 4.74 Å². The number of aromatic nitrogens is 3. The Morgan fingerprint density at radius 1 is 1.03 bits per heavy atom. The summed E-state index contributed by atoms with van der Waals surface area (Å²) in [5.74, 6) is 2.32. The van der Waals surface area contributed by atoms with Crippen LogP contribution in [0.25, 0.3) is 5.69 Å². The number of hydrogen-bond donors (Lipinski definition) is 0. The van der Waals surface area contributed by atoms with Crippen molar-refractivity contribution < 1.29 is 4.74 Å². The summed E-state index contributed by atoms with van der Waals surface area (Å²) >= 11 is 12.3. The average molecular weight is 441 g/mol. The van der Waals surface area contributed by atoms with Crippen molar-refractivity contribution in [1.82, 2.24) is 19.3 Å². The van der Waals surface area contributed by atoms with E-state index < -0.39 is 0 Å². The van der Waals surface area contributed by atoms with Crippen LogP contribution in [0.4, 0.5) is 0 Å². The fourth-order valence-electron chi connectivity index (χ4n) is 4.69. The molecule has 5 rings (SSSR count). The minimum absolute atomic E-state index is 0.192. The van der Waals surface area contributed by atoms with Crippen LogP contribution in [0.15, 0.2) is 36.7 Å². The monoisotopic (exact) mass is 440 g/mol. The molecule has 0 amide bonds. The quantitative estimate of drug-likeness (QED) is 0.577. The van der Waals surface area contributed by atoms with Gasteiger partial charge in [0.15, 0.2) is 0 Å². The number of benzene rings is 1. The Morgan fingerprint density at radius 3 is 2.67 bits per heavy atom. The molecule has 0 unspecified atom stereocenters. The van der Waals surface area contributed by atoms with Crippen molar-refractivity contribution in [3.63, 3.8) is 0 Å². The van der Waals surface area contributed by atoms with Gasteiger partial charge in [0.05, 0.1) is 0 Å².